The van der Waals surface area contributed by atoms with Crippen LogP contribution in [-0.2, 0) is 4.79 Å². The number of urea groups is 1. The summed E-state index contributed by atoms with van der Waals surface area (Å²) in [4.78, 5) is 21.9. The Morgan fingerprint density at radius 1 is 1.39 bits per heavy atom. The first-order chi connectivity index (χ1) is 8.49. The molecule has 0 saturated heterocycles. The largest absolute Gasteiger partial charge is 0.479 e. The normalized spacial score (nSPS) is 25.2. The van der Waals surface area contributed by atoms with Crippen LogP contribution in [0.3, 0.4) is 0 Å². The fourth-order valence-electron chi connectivity index (χ4n) is 2.25. The second-order valence-electron chi connectivity index (χ2n) is 5.01. The highest BCUT2D eigenvalue weighted by Gasteiger charge is 2.20. The van der Waals surface area contributed by atoms with E-state index in [1.54, 1.807) is 0 Å². The van der Waals surface area contributed by atoms with Crippen LogP contribution in [0.15, 0.2) is 0 Å². The Hall–Kier alpha value is -1.30. The summed E-state index contributed by atoms with van der Waals surface area (Å²) in [6.07, 6.45) is 2.93. The number of aliphatic hydroxyl groups excluding tert-OH is 1. The number of hydrogen-bond acceptors (Lipinski definition) is 3. The van der Waals surface area contributed by atoms with Crippen molar-refractivity contribution in [3.63, 3.8) is 0 Å². The highest BCUT2D eigenvalue weighted by molar-refractivity contribution is 5.74. The molecule has 3 atom stereocenters. The molecule has 0 aromatic rings. The van der Waals surface area contributed by atoms with E-state index in [1.165, 1.54) is 6.42 Å². The number of aliphatic hydroxyl groups is 1. The molecule has 6 heteroatoms. The second-order valence-corrected chi connectivity index (χ2v) is 5.01. The summed E-state index contributed by atoms with van der Waals surface area (Å²) < 4.78 is 0. The molecule has 18 heavy (non-hydrogen) atoms. The molecule has 4 N–H and O–H groups in total. The quantitative estimate of drug-likeness (QED) is 0.583. The lowest BCUT2D eigenvalue weighted by Crippen LogP contribution is -2.44. The van der Waals surface area contributed by atoms with Crippen molar-refractivity contribution in [3.8, 4) is 0 Å². The van der Waals surface area contributed by atoms with Crippen LogP contribution in [0.4, 0.5) is 4.79 Å². The van der Waals surface area contributed by atoms with Crippen LogP contribution in [0.1, 0.15) is 39.0 Å². The number of hydrogen-bond donors (Lipinski definition) is 4. The highest BCUT2D eigenvalue weighted by atomic mass is 16.4. The van der Waals surface area contributed by atoms with Crippen LogP contribution in [0, 0.1) is 5.92 Å². The molecule has 1 aliphatic carbocycles. The summed E-state index contributed by atoms with van der Waals surface area (Å²) in [6.45, 7) is 2.33. The lowest BCUT2D eigenvalue weighted by molar-refractivity contribution is -0.146. The van der Waals surface area contributed by atoms with Crippen molar-refractivity contribution in [2.24, 2.45) is 5.92 Å². The zero-order valence-electron chi connectivity index (χ0n) is 10.7. The number of nitrogens with one attached hydrogen (secondary N) is 2. The maximum Gasteiger partial charge on any atom is 0.332 e. The molecule has 6 nitrogen and oxygen atoms in total. The molecule has 0 heterocycles. The summed E-state index contributed by atoms with van der Waals surface area (Å²) in [7, 11) is 0. The van der Waals surface area contributed by atoms with Crippen molar-refractivity contribution >= 4 is 12.0 Å². The van der Waals surface area contributed by atoms with Crippen LogP contribution < -0.4 is 10.6 Å². The van der Waals surface area contributed by atoms with Gasteiger partial charge in [0, 0.05) is 19.0 Å². The smallest absolute Gasteiger partial charge is 0.332 e. The van der Waals surface area contributed by atoms with Gasteiger partial charge in [-0.3, -0.25) is 0 Å². The van der Waals surface area contributed by atoms with Gasteiger partial charge < -0.3 is 20.8 Å². The average molecular weight is 258 g/mol. The topological polar surface area (TPSA) is 98.7 Å². The van der Waals surface area contributed by atoms with E-state index >= 15 is 0 Å². The minimum Gasteiger partial charge on any atom is -0.479 e. The van der Waals surface area contributed by atoms with Crippen LogP contribution in [-0.4, -0.2) is 40.9 Å². The zero-order chi connectivity index (χ0) is 13.5. The van der Waals surface area contributed by atoms with Crippen LogP contribution in [0.2, 0.25) is 0 Å². The van der Waals surface area contributed by atoms with Gasteiger partial charge >= 0.3 is 12.0 Å². The molecular weight excluding hydrogens is 236 g/mol. The third-order valence-electron chi connectivity index (χ3n) is 3.26. The summed E-state index contributed by atoms with van der Waals surface area (Å²) in [5.41, 5.74) is 0. The monoisotopic (exact) mass is 258 g/mol. The first kappa shape index (κ1) is 14.8. The van der Waals surface area contributed by atoms with Crippen LogP contribution in [0.5, 0.6) is 0 Å². The standard InChI is InChI=1S/C12H22N2O4/c1-8-3-2-4-9(7-8)14-12(18)13-6-5-10(15)11(16)17/h8-10,15H,2-7H2,1H3,(H,16,17)(H2,13,14,18)/t8?,9?,10-/m0/s1. The van der Waals surface area contributed by atoms with Crippen molar-refractivity contribution in [3.05, 3.63) is 0 Å². The highest BCUT2D eigenvalue weighted by Crippen LogP contribution is 2.23. The molecule has 104 valence electrons. The number of carbonyl (C=O) groups is 2. The summed E-state index contributed by atoms with van der Waals surface area (Å²) >= 11 is 0. The predicted molar refractivity (Wildman–Crippen MR) is 66.2 cm³/mol. The number of carboxylic acids is 1. The molecule has 0 spiro atoms. The fraction of sp³-hybridized carbons (Fsp3) is 0.833. The number of aliphatic carboxylic acids is 1. The Morgan fingerprint density at radius 2 is 2.11 bits per heavy atom. The summed E-state index contributed by atoms with van der Waals surface area (Å²) in [5.74, 6) is -0.629. The van der Waals surface area contributed by atoms with Gasteiger partial charge in [-0.2, -0.15) is 0 Å². The Balaban J connectivity index is 2.15. The number of carboxylic acid groups (broad SMARTS) is 1. The van der Waals surface area contributed by atoms with E-state index in [-0.39, 0.29) is 25.0 Å². The van der Waals surface area contributed by atoms with Gasteiger partial charge in [0.05, 0.1) is 0 Å². The molecule has 2 amide bonds. The maximum absolute atomic E-state index is 11.5. The predicted octanol–water partition coefficient (Wildman–Crippen LogP) is 0.700. The van der Waals surface area contributed by atoms with Crippen LogP contribution in [0.25, 0.3) is 0 Å². The molecule has 1 aliphatic rings. The molecule has 1 rings (SSSR count). The molecule has 0 aromatic heterocycles. The molecule has 0 aromatic carbocycles. The number of rotatable bonds is 5. The lowest BCUT2D eigenvalue weighted by atomic mass is 9.87. The molecule has 0 bridgehead atoms. The van der Waals surface area contributed by atoms with Gasteiger partial charge in [-0.15, -0.1) is 0 Å². The summed E-state index contributed by atoms with van der Waals surface area (Å²) in [5, 5.41) is 22.9. The Bertz CT molecular complexity index is 296. The second kappa shape index (κ2) is 7.20. The Kier molecular flexibility index (Phi) is 5.91. The van der Waals surface area contributed by atoms with E-state index in [2.05, 4.69) is 17.6 Å². The van der Waals surface area contributed by atoms with Crippen molar-refractivity contribution in [1.29, 1.82) is 0 Å². The number of carbonyl (C=O) groups excluding carboxylic acids is 1. The van der Waals surface area contributed by atoms with Gasteiger partial charge in [-0.1, -0.05) is 19.8 Å². The van der Waals surface area contributed by atoms with E-state index in [4.69, 9.17) is 10.2 Å². The van der Waals surface area contributed by atoms with Gasteiger partial charge in [-0.25, -0.2) is 9.59 Å². The lowest BCUT2D eigenvalue weighted by Gasteiger charge is -2.27. The third-order valence-corrected chi connectivity index (χ3v) is 3.26. The van der Waals surface area contributed by atoms with E-state index in [9.17, 15) is 9.59 Å². The summed E-state index contributed by atoms with van der Waals surface area (Å²) in [6, 6.07) is -0.0789. The first-order valence-electron chi connectivity index (χ1n) is 6.44. The zero-order valence-corrected chi connectivity index (χ0v) is 10.7. The van der Waals surface area contributed by atoms with Gasteiger partial charge in [0.2, 0.25) is 0 Å². The van der Waals surface area contributed by atoms with Gasteiger partial charge in [-0.05, 0) is 18.8 Å². The third kappa shape index (κ3) is 5.35. The Morgan fingerprint density at radius 3 is 2.72 bits per heavy atom. The van der Waals surface area contributed by atoms with Crippen molar-refractivity contribution in [1.82, 2.24) is 10.6 Å². The van der Waals surface area contributed by atoms with Gasteiger partial charge in [0.1, 0.15) is 0 Å². The number of amides is 2. The SMILES string of the molecule is CC1CCCC(NC(=O)NCC[C@H](O)C(=O)O)C1. The Labute approximate surface area is 107 Å². The average Bonchev–Trinajstić information content (AvgIpc) is 2.28. The molecule has 0 aliphatic heterocycles. The van der Waals surface area contributed by atoms with Crippen LogP contribution >= 0.6 is 0 Å². The first-order valence-corrected chi connectivity index (χ1v) is 6.44. The van der Waals surface area contributed by atoms with Crippen molar-refractivity contribution in [2.75, 3.05) is 6.54 Å². The molecule has 2 unspecified atom stereocenters. The molecule has 1 saturated carbocycles. The molecular formula is C12H22N2O4. The van der Waals surface area contributed by atoms with E-state index in [0.29, 0.717) is 5.92 Å². The van der Waals surface area contributed by atoms with E-state index in [1.807, 2.05) is 0 Å². The maximum atomic E-state index is 11.5. The van der Waals surface area contributed by atoms with Crippen molar-refractivity contribution in [2.45, 2.75) is 51.2 Å². The molecule has 1 fully saturated rings. The minimum absolute atomic E-state index is 0.0177. The van der Waals surface area contributed by atoms with Crippen molar-refractivity contribution < 1.29 is 19.8 Å². The fourth-order valence-corrected chi connectivity index (χ4v) is 2.25. The molecule has 0 radical (unpaired) electrons. The van der Waals surface area contributed by atoms with Gasteiger partial charge in [0.15, 0.2) is 6.10 Å². The van der Waals surface area contributed by atoms with E-state index in [0.717, 1.165) is 19.3 Å². The van der Waals surface area contributed by atoms with E-state index < -0.39 is 12.1 Å². The van der Waals surface area contributed by atoms with Gasteiger partial charge in [0.25, 0.3) is 0 Å². The minimum atomic E-state index is -1.42.